The third kappa shape index (κ3) is 7.70. The van der Waals surface area contributed by atoms with Gasteiger partial charge in [0.05, 0.1) is 12.3 Å². The van der Waals surface area contributed by atoms with Crippen molar-refractivity contribution in [1.82, 2.24) is 9.55 Å². The lowest BCUT2D eigenvalue weighted by Gasteiger charge is -2.14. The van der Waals surface area contributed by atoms with Crippen LogP contribution in [-0.4, -0.2) is 22.3 Å². The van der Waals surface area contributed by atoms with Crippen molar-refractivity contribution in [2.75, 3.05) is 6.61 Å². The zero-order valence-corrected chi connectivity index (χ0v) is 21.2. The predicted octanol–water partition coefficient (Wildman–Crippen LogP) is 7.13. The van der Waals surface area contributed by atoms with E-state index < -0.39 is 6.09 Å². The van der Waals surface area contributed by atoms with Gasteiger partial charge in [-0.1, -0.05) is 79.1 Å². The monoisotopic (exact) mass is 505 g/mol. The molecule has 176 valence electrons. The standard InChI is InChI=1S/C25H29Cl2N3O2S/c1-17(2)23-24(33-21-15-19(26)14-20(27)16-21)30(12-6-10-18-8-4-3-5-9-18)22(29-23)11-7-13-32-25(28)31/h3-5,8-9,14-17H,6-7,10-13H2,1-2H3,(H2,28,31). The van der Waals surface area contributed by atoms with Crippen molar-refractivity contribution in [1.29, 1.82) is 0 Å². The van der Waals surface area contributed by atoms with Gasteiger partial charge in [0.15, 0.2) is 0 Å². The maximum atomic E-state index is 10.9. The molecule has 5 nitrogen and oxygen atoms in total. The number of imidazole rings is 1. The number of primary amides is 1. The van der Waals surface area contributed by atoms with Gasteiger partial charge in [0.1, 0.15) is 10.9 Å². The Hall–Kier alpha value is -2.15. The van der Waals surface area contributed by atoms with E-state index in [9.17, 15) is 4.79 Å². The normalized spacial score (nSPS) is 11.2. The third-order valence-electron chi connectivity index (χ3n) is 5.10. The molecule has 0 atom stereocenters. The molecule has 8 heteroatoms. The van der Waals surface area contributed by atoms with E-state index in [2.05, 4.69) is 42.7 Å². The number of nitrogens with zero attached hydrogens (tertiary/aromatic N) is 2. The lowest BCUT2D eigenvalue weighted by Crippen LogP contribution is -2.14. The molecule has 0 spiro atoms. The van der Waals surface area contributed by atoms with Crippen LogP contribution in [0.5, 0.6) is 0 Å². The van der Waals surface area contributed by atoms with Crippen molar-refractivity contribution >= 4 is 41.1 Å². The van der Waals surface area contributed by atoms with E-state index in [1.165, 1.54) is 5.56 Å². The Kier molecular flexibility index (Phi) is 9.53. The first-order chi connectivity index (χ1) is 15.8. The van der Waals surface area contributed by atoms with Gasteiger partial charge in [-0.15, -0.1) is 0 Å². The molecule has 1 amide bonds. The minimum absolute atomic E-state index is 0.248. The number of halogens is 2. The third-order valence-corrected chi connectivity index (χ3v) is 6.63. The SMILES string of the molecule is CC(C)c1nc(CCCOC(N)=O)n(CCCc2ccccc2)c1Sc1cc(Cl)cc(Cl)c1. The highest BCUT2D eigenvalue weighted by atomic mass is 35.5. The molecule has 0 saturated heterocycles. The van der Waals surface area contributed by atoms with Gasteiger partial charge >= 0.3 is 6.09 Å². The molecule has 2 N–H and O–H groups in total. The predicted molar refractivity (Wildman–Crippen MR) is 136 cm³/mol. The van der Waals surface area contributed by atoms with Crippen LogP contribution in [0.2, 0.25) is 10.0 Å². The van der Waals surface area contributed by atoms with Crippen molar-refractivity contribution in [3.8, 4) is 0 Å². The molecule has 0 aliphatic carbocycles. The maximum Gasteiger partial charge on any atom is 0.404 e. The largest absolute Gasteiger partial charge is 0.450 e. The Balaban J connectivity index is 1.88. The molecule has 1 heterocycles. The number of rotatable bonds is 11. The zero-order valence-electron chi connectivity index (χ0n) is 18.9. The van der Waals surface area contributed by atoms with Gasteiger partial charge in [-0.05, 0) is 48.9 Å². The van der Waals surface area contributed by atoms with Crippen LogP contribution < -0.4 is 5.73 Å². The van der Waals surface area contributed by atoms with E-state index in [-0.39, 0.29) is 12.5 Å². The van der Waals surface area contributed by atoms with Crippen LogP contribution in [0, 0.1) is 0 Å². The summed E-state index contributed by atoms with van der Waals surface area (Å²) in [5.41, 5.74) is 7.45. The number of hydrogen-bond donors (Lipinski definition) is 1. The number of benzene rings is 2. The molecule has 0 fully saturated rings. The van der Waals surface area contributed by atoms with Crippen molar-refractivity contribution in [3.63, 3.8) is 0 Å². The fraction of sp³-hybridized carbons (Fsp3) is 0.360. The quantitative estimate of drug-likeness (QED) is 0.281. The van der Waals surface area contributed by atoms with Gasteiger partial charge in [-0.2, -0.15) is 0 Å². The highest BCUT2D eigenvalue weighted by Gasteiger charge is 2.21. The van der Waals surface area contributed by atoms with Gasteiger partial charge in [0.2, 0.25) is 0 Å². The second kappa shape index (κ2) is 12.4. The molecular weight excluding hydrogens is 477 g/mol. The van der Waals surface area contributed by atoms with Gasteiger partial charge in [0, 0.05) is 27.9 Å². The Morgan fingerprint density at radius 1 is 1.09 bits per heavy atom. The summed E-state index contributed by atoms with van der Waals surface area (Å²) in [7, 11) is 0. The lowest BCUT2D eigenvalue weighted by atomic mass is 10.1. The van der Waals surface area contributed by atoms with E-state index in [4.69, 9.17) is 38.7 Å². The molecule has 0 bridgehead atoms. The molecule has 2 aromatic carbocycles. The molecule has 0 radical (unpaired) electrons. The molecular formula is C25H29Cl2N3O2S. The highest BCUT2D eigenvalue weighted by Crippen LogP contribution is 2.37. The Labute approximate surface area is 209 Å². The number of aromatic nitrogens is 2. The molecule has 0 saturated carbocycles. The summed E-state index contributed by atoms with van der Waals surface area (Å²) in [5, 5.41) is 2.31. The number of ether oxygens (including phenoxy) is 1. The Morgan fingerprint density at radius 3 is 2.42 bits per heavy atom. The average Bonchev–Trinajstić information content (AvgIpc) is 3.08. The first kappa shape index (κ1) is 25.5. The van der Waals surface area contributed by atoms with Gasteiger partial charge in [-0.25, -0.2) is 9.78 Å². The van der Waals surface area contributed by atoms with Crippen molar-refractivity contribution in [2.45, 2.75) is 61.9 Å². The van der Waals surface area contributed by atoms with E-state index in [0.717, 1.165) is 40.8 Å². The highest BCUT2D eigenvalue weighted by molar-refractivity contribution is 7.99. The molecule has 33 heavy (non-hydrogen) atoms. The van der Waals surface area contributed by atoms with Crippen LogP contribution >= 0.6 is 35.0 Å². The van der Waals surface area contributed by atoms with Crippen LogP contribution in [0.15, 0.2) is 58.5 Å². The van der Waals surface area contributed by atoms with E-state index in [0.29, 0.717) is 22.9 Å². The summed E-state index contributed by atoms with van der Waals surface area (Å²) in [6, 6.07) is 16.0. The number of carbonyl (C=O) groups excluding carboxylic acids is 1. The van der Waals surface area contributed by atoms with Crippen molar-refractivity contribution in [2.24, 2.45) is 5.73 Å². The Bertz CT molecular complexity index is 1050. The van der Waals surface area contributed by atoms with Crippen molar-refractivity contribution in [3.05, 3.63) is 75.7 Å². The summed E-state index contributed by atoms with van der Waals surface area (Å²) in [6.45, 7) is 5.39. The summed E-state index contributed by atoms with van der Waals surface area (Å²) in [4.78, 5) is 16.9. The number of hydrogen-bond acceptors (Lipinski definition) is 4. The van der Waals surface area contributed by atoms with Crippen LogP contribution in [0.3, 0.4) is 0 Å². The van der Waals surface area contributed by atoms with Gasteiger partial charge < -0.3 is 15.0 Å². The molecule has 0 aliphatic rings. The van der Waals surface area contributed by atoms with E-state index in [1.807, 2.05) is 18.2 Å². The molecule has 0 aliphatic heterocycles. The molecule has 3 rings (SSSR count). The second-order valence-electron chi connectivity index (χ2n) is 8.09. The molecule has 0 unspecified atom stereocenters. The minimum atomic E-state index is -0.752. The first-order valence-electron chi connectivity index (χ1n) is 11.0. The van der Waals surface area contributed by atoms with Crippen LogP contribution in [0.4, 0.5) is 4.79 Å². The van der Waals surface area contributed by atoms with Gasteiger partial charge in [0.25, 0.3) is 0 Å². The Morgan fingerprint density at radius 2 is 1.79 bits per heavy atom. The average molecular weight is 506 g/mol. The fourth-order valence-corrected chi connectivity index (χ4v) is 5.54. The van der Waals surface area contributed by atoms with E-state index in [1.54, 1.807) is 17.8 Å². The summed E-state index contributed by atoms with van der Waals surface area (Å²) < 4.78 is 7.21. The van der Waals surface area contributed by atoms with Crippen molar-refractivity contribution < 1.29 is 9.53 Å². The summed E-state index contributed by atoms with van der Waals surface area (Å²) in [6.07, 6.45) is 2.55. The van der Waals surface area contributed by atoms with Crippen LogP contribution in [-0.2, 0) is 24.1 Å². The van der Waals surface area contributed by atoms with Gasteiger partial charge in [-0.3, -0.25) is 0 Å². The van der Waals surface area contributed by atoms with E-state index >= 15 is 0 Å². The number of carbonyl (C=O) groups is 1. The smallest absolute Gasteiger partial charge is 0.404 e. The minimum Gasteiger partial charge on any atom is -0.450 e. The fourth-order valence-electron chi connectivity index (χ4n) is 3.60. The second-order valence-corrected chi connectivity index (χ2v) is 10.0. The molecule has 1 aromatic heterocycles. The first-order valence-corrected chi connectivity index (χ1v) is 12.6. The number of amides is 1. The molecule has 3 aromatic rings. The summed E-state index contributed by atoms with van der Waals surface area (Å²) in [5.74, 6) is 1.23. The van der Waals surface area contributed by atoms with Crippen LogP contribution in [0.25, 0.3) is 0 Å². The zero-order chi connectivity index (χ0) is 23.8. The van der Waals surface area contributed by atoms with Crippen LogP contribution in [0.1, 0.15) is 49.7 Å². The lowest BCUT2D eigenvalue weighted by molar-refractivity contribution is 0.155. The topological polar surface area (TPSA) is 70.1 Å². The number of aryl methyl sites for hydroxylation is 2. The summed E-state index contributed by atoms with van der Waals surface area (Å²) >= 11 is 14.1. The maximum absolute atomic E-state index is 10.9. The number of nitrogens with two attached hydrogens (primary N) is 1.